The molecular weight excluding hydrogens is 252 g/mol. The number of rotatable bonds is 7. The molecule has 0 bridgehead atoms. The van der Waals surface area contributed by atoms with Crippen LogP contribution in [0.2, 0.25) is 0 Å². The van der Waals surface area contributed by atoms with E-state index in [0.717, 1.165) is 11.3 Å². The lowest BCUT2D eigenvalue weighted by molar-refractivity contribution is -0.133. The summed E-state index contributed by atoms with van der Waals surface area (Å²) in [5, 5.41) is 11.2. The lowest BCUT2D eigenvalue weighted by Gasteiger charge is -2.04. The van der Waals surface area contributed by atoms with Crippen molar-refractivity contribution in [3.63, 3.8) is 0 Å². The summed E-state index contributed by atoms with van der Waals surface area (Å²) in [5.74, 6) is -0.240. The minimum atomic E-state index is -0.836. The van der Waals surface area contributed by atoms with Gasteiger partial charge >= 0.3 is 5.97 Å². The summed E-state index contributed by atoms with van der Waals surface area (Å²) < 4.78 is 0. The topological polar surface area (TPSA) is 79.3 Å². The first-order chi connectivity index (χ1) is 8.58. The van der Waals surface area contributed by atoms with E-state index < -0.39 is 5.97 Å². The molecule has 0 aliphatic carbocycles. The SMILES string of the molecule is Cc1ccc(CC(=O)NCCSCC(=O)O)cn1. The minimum absolute atomic E-state index is 0.0672. The summed E-state index contributed by atoms with van der Waals surface area (Å²) in [7, 11) is 0. The summed E-state index contributed by atoms with van der Waals surface area (Å²) in [6.45, 7) is 2.37. The molecule has 1 rings (SSSR count). The van der Waals surface area contributed by atoms with Crippen LogP contribution < -0.4 is 5.32 Å². The molecule has 0 fully saturated rings. The maximum absolute atomic E-state index is 11.5. The fraction of sp³-hybridized carbons (Fsp3) is 0.417. The number of aliphatic carboxylic acids is 1. The first-order valence-electron chi connectivity index (χ1n) is 5.55. The average molecular weight is 268 g/mol. The molecule has 0 radical (unpaired) electrons. The Morgan fingerprint density at radius 1 is 1.44 bits per heavy atom. The summed E-state index contributed by atoms with van der Waals surface area (Å²) >= 11 is 1.28. The smallest absolute Gasteiger partial charge is 0.313 e. The molecule has 0 aliphatic rings. The van der Waals surface area contributed by atoms with Gasteiger partial charge < -0.3 is 10.4 Å². The zero-order valence-corrected chi connectivity index (χ0v) is 11.0. The molecule has 0 atom stereocenters. The van der Waals surface area contributed by atoms with E-state index in [9.17, 15) is 9.59 Å². The highest BCUT2D eigenvalue weighted by atomic mass is 32.2. The Bertz CT molecular complexity index is 406. The number of nitrogens with one attached hydrogen (secondary N) is 1. The van der Waals surface area contributed by atoms with Crippen molar-refractivity contribution in [2.75, 3.05) is 18.1 Å². The van der Waals surface area contributed by atoms with Gasteiger partial charge in [-0.15, -0.1) is 11.8 Å². The third-order valence-electron chi connectivity index (χ3n) is 2.13. The zero-order valence-electron chi connectivity index (χ0n) is 10.2. The summed E-state index contributed by atoms with van der Waals surface area (Å²) in [6.07, 6.45) is 1.99. The van der Waals surface area contributed by atoms with Gasteiger partial charge in [0.2, 0.25) is 5.91 Å². The second kappa shape index (κ2) is 7.71. The number of hydrogen-bond donors (Lipinski definition) is 2. The van der Waals surface area contributed by atoms with Crippen molar-refractivity contribution < 1.29 is 14.7 Å². The summed E-state index contributed by atoms with van der Waals surface area (Å²) in [6, 6.07) is 3.74. The van der Waals surface area contributed by atoms with Gasteiger partial charge in [-0.1, -0.05) is 6.07 Å². The molecule has 5 nitrogen and oxygen atoms in total. The third kappa shape index (κ3) is 6.24. The van der Waals surface area contributed by atoms with Crippen LogP contribution in [0.15, 0.2) is 18.3 Å². The van der Waals surface area contributed by atoms with Crippen LogP contribution in [-0.4, -0.2) is 40.0 Å². The maximum atomic E-state index is 11.5. The van der Waals surface area contributed by atoms with E-state index in [1.807, 2.05) is 19.1 Å². The predicted octanol–water partition coefficient (Wildman–Crippen LogP) is 0.867. The number of carboxylic acids is 1. The summed E-state index contributed by atoms with van der Waals surface area (Å²) in [5.41, 5.74) is 1.79. The molecule has 1 amide bonds. The van der Waals surface area contributed by atoms with E-state index in [2.05, 4.69) is 10.3 Å². The van der Waals surface area contributed by atoms with Crippen LogP contribution in [0.25, 0.3) is 0 Å². The Balaban J connectivity index is 2.17. The van der Waals surface area contributed by atoms with Crippen LogP contribution in [-0.2, 0) is 16.0 Å². The van der Waals surface area contributed by atoms with Crippen molar-refractivity contribution in [1.82, 2.24) is 10.3 Å². The lowest BCUT2D eigenvalue weighted by Crippen LogP contribution is -2.27. The van der Waals surface area contributed by atoms with Crippen LogP contribution in [0.5, 0.6) is 0 Å². The van der Waals surface area contributed by atoms with Crippen LogP contribution >= 0.6 is 11.8 Å². The maximum Gasteiger partial charge on any atom is 0.313 e. The molecule has 0 unspecified atom stereocenters. The van der Waals surface area contributed by atoms with E-state index in [4.69, 9.17) is 5.11 Å². The normalized spacial score (nSPS) is 10.1. The van der Waals surface area contributed by atoms with E-state index in [1.165, 1.54) is 11.8 Å². The Kier molecular flexibility index (Phi) is 6.21. The van der Waals surface area contributed by atoms with E-state index >= 15 is 0 Å². The highest BCUT2D eigenvalue weighted by Gasteiger charge is 2.03. The van der Waals surface area contributed by atoms with Gasteiger partial charge in [-0.3, -0.25) is 14.6 Å². The lowest BCUT2D eigenvalue weighted by atomic mass is 10.2. The fourth-order valence-electron chi connectivity index (χ4n) is 1.27. The Hall–Kier alpha value is -1.56. The number of pyridine rings is 1. The molecule has 6 heteroatoms. The van der Waals surface area contributed by atoms with Gasteiger partial charge in [-0.25, -0.2) is 0 Å². The van der Waals surface area contributed by atoms with Crippen molar-refractivity contribution in [2.24, 2.45) is 0 Å². The highest BCUT2D eigenvalue weighted by Crippen LogP contribution is 2.01. The van der Waals surface area contributed by atoms with Crippen LogP contribution in [0, 0.1) is 6.92 Å². The van der Waals surface area contributed by atoms with Gasteiger partial charge in [0.1, 0.15) is 0 Å². The van der Waals surface area contributed by atoms with E-state index in [-0.39, 0.29) is 11.7 Å². The number of aromatic nitrogens is 1. The molecule has 1 heterocycles. The van der Waals surface area contributed by atoms with E-state index in [0.29, 0.717) is 18.7 Å². The van der Waals surface area contributed by atoms with Crippen molar-refractivity contribution >= 4 is 23.6 Å². The number of aryl methyl sites for hydroxylation is 1. The van der Waals surface area contributed by atoms with Crippen LogP contribution in [0.3, 0.4) is 0 Å². The number of nitrogens with zero attached hydrogens (tertiary/aromatic N) is 1. The highest BCUT2D eigenvalue weighted by molar-refractivity contribution is 7.99. The van der Waals surface area contributed by atoms with Crippen molar-refractivity contribution in [1.29, 1.82) is 0 Å². The summed E-state index contributed by atoms with van der Waals surface area (Å²) in [4.78, 5) is 25.9. The van der Waals surface area contributed by atoms with Gasteiger partial charge in [0.25, 0.3) is 0 Å². The van der Waals surface area contributed by atoms with Gasteiger partial charge in [0, 0.05) is 24.2 Å². The first kappa shape index (κ1) is 14.5. The van der Waals surface area contributed by atoms with Gasteiger partial charge in [-0.2, -0.15) is 0 Å². The third-order valence-corrected chi connectivity index (χ3v) is 3.08. The molecule has 1 aromatic heterocycles. The van der Waals surface area contributed by atoms with Gasteiger partial charge in [0.15, 0.2) is 0 Å². The molecule has 0 aliphatic heterocycles. The van der Waals surface area contributed by atoms with Gasteiger partial charge in [0.05, 0.1) is 12.2 Å². The number of carboxylic acid groups (broad SMARTS) is 1. The number of hydrogen-bond acceptors (Lipinski definition) is 4. The fourth-order valence-corrected chi connectivity index (χ4v) is 1.84. The second-order valence-electron chi connectivity index (χ2n) is 3.78. The molecule has 2 N–H and O–H groups in total. The molecule has 0 saturated carbocycles. The molecule has 0 spiro atoms. The number of carbonyl (C=O) groups is 2. The van der Waals surface area contributed by atoms with Crippen molar-refractivity contribution in [3.05, 3.63) is 29.6 Å². The van der Waals surface area contributed by atoms with Crippen molar-refractivity contribution in [3.8, 4) is 0 Å². The molecule has 0 aromatic carbocycles. The van der Waals surface area contributed by atoms with E-state index in [1.54, 1.807) is 6.20 Å². The quantitative estimate of drug-likeness (QED) is 0.717. The number of amides is 1. The van der Waals surface area contributed by atoms with Crippen LogP contribution in [0.4, 0.5) is 0 Å². The standard InChI is InChI=1S/C12H16N2O3S/c1-9-2-3-10(7-14-9)6-11(15)13-4-5-18-8-12(16)17/h2-3,7H,4-6,8H2,1H3,(H,13,15)(H,16,17). The monoisotopic (exact) mass is 268 g/mol. The Morgan fingerprint density at radius 3 is 2.83 bits per heavy atom. The molecule has 98 valence electrons. The predicted molar refractivity (Wildman–Crippen MR) is 70.6 cm³/mol. The average Bonchev–Trinajstić information content (AvgIpc) is 2.31. The molecular formula is C12H16N2O3S. The first-order valence-corrected chi connectivity index (χ1v) is 6.71. The minimum Gasteiger partial charge on any atom is -0.481 e. The number of carbonyl (C=O) groups excluding carboxylic acids is 1. The largest absolute Gasteiger partial charge is 0.481 e. The number of thioether (sulfide) groups is 1. The Labute approximate surface area is 110 Å². The Morgan fingerprint density at radius 2 is 2.22 bits per heavy atom. The molecule has 1 aromatic rings. The molecule has 18 heavy (non-hydrogen) atoms. The second-order valence-corrected chi connectivity index (χ2v) is 4.89. The van der Waals surface area contributed by atoms with Crippen molar-refractivity contribution in [2.45, 2.75) is 13.3 Å². The van der Waals surface area contributed by atoms with Gasteiger partial charge in [-0.05, 0) is 18.6 Å². The molecule has 0 saturated heterocycles. The van der Waals surface area contributed by atoms with Crippen LogP contribution in [0.1, 0.15) is 11.3 Å². The zero-order chi connectivity index (χ0) is 13.4.